The number of nitrogens with one attached hydrogen (secondary N) is 1. The fraction of sp³-hybridized carbons (Fsp3) is 0.556. The van der Waals surface area contributed by atoms with E-state index in [0.717, 1.165) is 32.0 Å². The molecule has 0 unspecified atom stereocenters. The van der Waals surface area contributed by atoms with Crippen molar-refractivity contribution in [3.05, 3.63) is 29.8 Å². The van der Waals surface area contributed by atoms with E-state index in [9.17, 15) is 9.59 Å². The van der Waals surface area contributed by atoms with Crippen LogP contribution in [0.3, 0.4) is 0 Å². The van der Waals surface area contributed by atoms with Crippen molar-refractivity contribution in [1.82, 2.24) is 4.90 Å². The standard InChI is InChI=1S/C18H25N3O2/c19-17(22)15-7-3-4-8-16(15)20-18(23)13-9-11-21(12-10-13)14-5-1-2-6-14/h3-4,7-8,13-14H,1-2,5-6,9-12H2,(H2,19,22)(H,20,23). The van der Waals surface area contributed by atoms with E-state index in [0.29, 0.717) is 11.3 Å². The van der Waals surface area contributed by atoms with Gasteiger partial charge in [0.25, 0.3) is 5.91 Å². The molecule has 3 rings (SSSR count). The summed E-state index contributed by atoms with van der Waals surface area (Å²) in [5.41, 5.74) is 6.24. The van der Waals surface area contributed by atoms with Gasteiger partial charge in [0.05, 0.1) is 11.3 Å². The highest BCUT2D eigenvalue weighted by molar-refractivity contribution is 6.03. The Bertz CT molecular complexity index is 573. The number of likely N-dealkylation sites (tertiary alicyclic amines) is 1. The van der Waals surface area contributed by atoms with Crippen LogP contribution in [0.25, 0.3) is 0 Å². The third-order valence-corrected chi connectivity index (χ3v) is 5.19. The van der Waals surface area contributed by atoms with E-state index >= 15 is 0 Å². The third kappa shape index (κ3) is 3.72. The molecule has 23 heavy (non-hydrogen) atoms. The van der Waals surface area contributed by atoms with Gasteiger partial charge < -0.3 is 16.0 Å². The van der Waals surface area contributed by atoms with Crippen LogP contribution in [0, 0.1) is 5.92 Å². The highest BCUT2D eigenvalue weighted by atomic mass is 16.2. The molecule has 0 atom stereocenters. The van der Waals surface area contributed by atoms with Crippen molar-refractivity contribution in [2.45, 2.75) is 44.6 Å². The van der Waals surface area contributed by atoms with Crippen molar-refractivity contribution in [3.63, 3.8) is 0 Å². The molecule has 0 bridgehead atoms. The molecule has 3 N–H and O–H groups in total. The summed E-state index contributed by atoms with van der Waals surface area (Å²) in [6.45, 7) is 2.00. The van der Waals surface area contributed by atoms with E-state index in [4.69, 9.17) is 5.73 Å². The molecule has 5 nitrogen and oxygen atoms in total. The molecular formula is C18H25N3O2. The van der Waals surface area contributed by atoms with E-state index in [1.807, 2.05) is 0 Å². The molecule has 1 aliphatic carbocycles. The van der Waals surface area contributed by atoms with Gasteiger partial charge in [0.1, 0.15) is 0 Å². The summed E-state index contributed by atoms with van der Waals surface area (Å²) in [4.78, 5) is 26.5. The van der Waals surface area contributed by atoms with Crippen LogP contribution in [0.4, 0.5) is 5.69 Å². The summed E-state index contributed by atoms with van der Waals surface area (Å²) in [5, 5.41) is 2.89. The fourth-order valence-electron chi connectivity index (χ4n) is 3.84. The molecule has 5 heteroatoms. The number of amides is 2. The van der Waals surface area contributed by atoms with Crippen molar-refractivity contribution in [3.8, 4) is 0 Å². The monoisotopic (exact) mass is 315 g/mol. The number of para-hydroxylation sites is 1. The Morgan fingerprint density at radius 3 is 2.35 bits per heavy atom. The minimum atomic E-state index is -0.517. The van der Waals surface area contributed by atoms with Crippen LogP contribution in [0.5, 0.6) is 0 Å². The lowest BCUT2D eigenvalue weighted by molar-refractivity contribution is -0.121. The zero-order chi connectivity index (χ0) is 16.2. The number of carbonyl (C=O) groups is 2. The van der Waals surface area contributed by atoms with Gasteiger partial charge in [0.2, 0.25) is 5.91 Å². The van der Waals surface area contributed by atoms with E-state index in [1.54, 1.807) is 24.3 Å². The molecule has 1 aliphatic heterocycles. The molecule has 2 aliphatic rings. The van der Waals surface area contributed by atoms with Gasteiger partial charge in [0.15, 0.2) is 0 Å². The molecule has 1 aromatic carbocycles. The van der Waals surface area contributed by atoms with E-state index < -0.39 is 5.91 Å². The summed E-state index contributed by atoms with van der Waals surface area (Å²) in [6, 6.07) is 7.64. The molecule has 2 fully saturated rings. The Kier molecular flexibility index (Phi) is 4.96. The normalized spacial score (nSPS) is 20.5. The number of hydrogen-bond donors (Lipinski definition) is 2. The maximum absolute atomic E-state index is 12.5. The molecular weight excluding hydrogens is 290 g/mol. The maximum atomic E-state index is 12.5. The molecule has 1 saturated heterocycles. The van der Waals surface area contributed by atoms with Crippen LogP contribution in [0.1, 0.15) is 48.9 Å². The predicted octanol–water partition coefficient (Wildman–Crippen LogP) is 2.38. The first-order chi connectivity index (χ1) is 11.1. The lowest BCUT2D eigenvalue weighted by atomic mass is 9.94. The maximum Gasteiger partial charge on any atom is 0.250 e. The highest BCUT2D eigenvalue weighted by Crippen LogP contribution is 2.28. The average Bonchev–Trinajstić information content (AvgIpc) is 3.10. The zero-order valence-corrected chi connectivity index (χ0v) is 13.5. The Morgan fingerprint density at radius 1 is 1.04 bits per heavy atom. The largest absolute Gasteiger partial charge is 0.366 e. The number of hydrogen-bond acceptors (Lipinski definition) is 3. The quantitative estimate of drug-likeness (QED) is 0.895. The fourth-order valence-corrected chi connectivity index (χ4v) is 3.84. The first-order valence-corrected chi connectivity index (χ1v) is 8.59. The van der Waals surface area contributed by atoms with Crippen molar-refractivity contribution >= 4 is 17.5 Å². The molecule has 0 radical (unpaired) electrons. The van der Waals surface area contributed by atoms with Gasteiger partial charge >= 0.3 is 0 Å². The molecule has 0 aromatic heterocycles. The number of piperidine rings is 1. The second-order valence-corrected chi connectivity index (χ2v) is 6.65. The number of carbonyl (C=O) groups excluding carboxylic acids is 2. The van der Waals surface area contributed by atoms with E-state index in [2.05, 4.69) is 10.2 Å². The van der Waals surface area contributed by atoms with Crippen LogP contribution >= 0.6 is 0 Å². The SMILES string of the molecule is NC(=O)c1ccccc1NC(=O)C1CCN(C2CCCC2)CC1. The minimum absolute atomic E-state index is 0.00442. The van der Waals surface area contributed by atoms with Crippen LogP contribution < -0.4 is 11.1 Å². The van der Waals surface area contributed by atoms with Gasteiger partial charge in [-0.05, 0) is 50.9 Å². The van der Waals surface area contributed by atoms with Gasteiger partial charge in [0, 0.05) is 12.0 Å². The highest BCUT2D eigenvalue weighted by Gasteiger charge is 2.30. The summed E-state index contributed by atoms with van der Waals surface area (Å²) in [6.07, 6.45) is 7.08. The third-order valence-electron chi connectivity index (χ3n) is 5.19. The van der Waals surface area contributed by atoms with Gasteiger partial charge in [-0.15, -0.1) is 0 Å². The zero-order valence-electron chi connectivity index (χ0n) is 13.5. The molecule has 2 amide bonds. The number of rotatable bonds is 4. The first kappa shape index (κ1) is 16.0. The van der Waals surface area contributed by atoms with Crippen LogP contribution in [-0.4, -0.2) is 35.8 Å². The number of anilines is 1. The van der Waals surface area contributed by atoms with Gasteiger partial charge in [-0.25, -0.2) is 0 Å². The van der Waals surface area contributed by atoms with Crippen molar-refractivity contribution in [2.24, 2.45) is 11.7 Å². The minimum Gasteiger partial charge on any atom is -0.366 e. The van der Waals surface area contributed by atoms with Gasteiger partial charge in [-0.2, -0.15) is 0 Å². The average molecular weight is 315 g/mol. The Hall–Kier alpha value is -1.88. The lowest BCUT2D eigenvalue weighted by Crippen LogP contribution is -2.42. The first-order valence-electron chi connectivity index (χ1n) is 8.59. The summed E-state index contributed by atoms with van der Waals surface area (Å²) < 4.78 is 0. The topological polar surface area (TPSA) is 75.4 Å². The van der Waals surface area contributed by atoms with Crippen molar-refractivity contribution in [1.29, 1.82) is 0 Å². The number of primary amides is 1. The second-order valence-electron chi connectivity index (χ2n) is 6.65. The summed E-state index contributed by atoms with van der Waals surface area (Å²) in [5.74, 6) is -0.490. The van der Waals surface area contributed by atoms with Gasteiger partial charge in [-0.3, -0.25) is 9.59 Å². The Morgan fingerprint density at radius 2 is 1.70 bits per heavy atom. The van der Waals surface area contributed by atoms with Crippen LogP contribution in [-0.2, 0) is 4.79 Å². The smallest absolute Gasteiger partial charge is 0.250 e. The number of benzene rings is 1. The molecule has 1 saturated carbocycles. The van der Waals surface area contributed by atoms with Crippen molar-refractivity contribution in [2.75, 3.05) is 18.4 Å². The summed E-state index contributed by atoms with van der Waals surface area (Å²) in [7, 11) is 0. The predicted molar refractivity (Wildman–Crippen MR) is 90.1 cm³/mol. The number of nitrogens with zero attached hydrogens (tertiary/aromatic N) is 1. The van der Waals surface area contributed by atoms with E-state index in [-0.39, 0.29) is 11.8 Å². The molecule has 1 heterocycles. The van der Waals surface area contributed by atoms with Crippen LogP contribution in [0.15, 0.2) is 24.3 Å². The summed E-state index contributed by atoms with van der Waals surface area (Å²) >= 11 is 0. The molecule has 1 aromatic rings. The van der Waals surface area contributed by atoms with Gasteiger partial charge in [-0.1, -0.05) is 25.0 Å². The van der Waals surface area contributed by atoms with Crippen molar-refractivity contribution < 1.29 is 9.59 Å². The molecule has 0 spiro atoms. The van der Waals surface area contributed by atoms with Crippen LogP contribution in [0.2, 0.25) is 0 Å². The second kappa shape index (κ2) is 7.13. The van der Waals surface area contributed by atoms with E-state index in [1.165, 1.54) is 25.7 Å². The Balaban J connectivity index is 1.56. The molecule has 124 valence electrons. The lowest BCUT2D eigenvalue weighted by Gasteiger charge is -2.35. The Labute approximate surface area is 137 Å². The number of nitrogens with two attached hydrogens (primary N) is 1.